The van der Waals surface area contributed by atoms with Gasteiger partial charge in [-0.2, -0.15) is 0 Å². The van der Waals surface area contributed by atoms with Crippen LogP contribution < -0.4 is 9.80 Å². The van der Waals surface area contributed by atoms with Crippen molar-refractivity contribution in [1.29, 1.82) is 0 Å². The fourth-order valence-electron chi connectivity index (χ4n) is 2.92. The second-order valence-corrected chi connectivity index (χ2v) is 6.67. The minimum atomic E-state index is -0.623. The van der Waals surface area contributed by atoms with Crippen LogP contribution in [0.1, 0.15) is 11.6 Å². The maximum absolute atomic E-state index is 11.4. The van der Waals surface area contributed by atoms with Gasteiger partial charge in [-0.3, -0.25) is 20.2 Å². The molecule has 2 aromatic rings. The van der Waals surface area contributed by atoms with Crippen molar-refractivity contribution >= 4 is 46.2 Å². The van der Waals surface area contributed by atoms with Crippen LogP contribution in [0.15, 0.2) is 0 Å². The lowest BCUT2D eigenvalue weighted by Crippen LogP contribution is -2.47. The fourth-order valence-corrected chi connectivity index (χ4v) is 3.47. The third-order valence-electron chi connectivity index (χ3n) is 4.11. The monoisotopic (exact) mass is 428 g/mol. The summed E-state index contributed by atoms with van der Waals surface area (Å²) in [5.41, 5.74) is -0.736. The van der Waals surface area contributed by atoms with Crippen molar-refractivity contribution in [3.05, 3.63) is 42.2 Å². The zero-order chi connectivity index (χ0) is 20.6. The Bertz CT molecular complexity index is 887. The first kappa shape index (κ1) is 19.9. The molecule has 1 aliphatic rings. The molecule has 0 saturated carbocycles. The Labute approximate surface area is 168 Å². The van der Waals surface area contributed by atoms with Gasteiger partial charge in [-0.05, 0) is 13.8 Å². The third kappa shape index (κ3) is 3.73. The number of piperazine rings is 1. The van der Waals surface area contributed by atoms with Crippen molar-refractivity contribution in [1.82, 2.24) is 19.9 Å². The lowest BCUT2D eigenvalue weighted by atomic mass is 10.2. The number of halogens is 2. The molecule has 0 N–H and O–H groups in total. The molecule has 28 heavy (non-hydrogen) atoms. The summed E-state index contributed by atoms with van der Waals surface area (Å²) in [6, 6.07) is 0. The molecule has 0 radical (unpaired) electrons. The number of nitrogens with zero attached hydrogens (tertiary/aromatic N) is 8. The summed E-state index contributed by atoms with van der Waals surface area (Å²) in [5.74, 6) is 0.853. The maximum atomic E-state index is 11.4. The minimum absolute atomic E-state index is 0.119. The van der Waals surface area contributed by atoms with Crippen LogP contribution in [0.4, 0.5) is 23.0 Å². The Morgan fingerprint density at radius 2 is 1.07 bits per heavy atom. The van der Waals surface area contributed by atoms with Crippen molar-refractivity contribution in [2.24, 2.45) is 0 Å². The van der Waals surface area contributed by atoms with Crippen molar-refractivity contribution < 1.29 is 9.85 Å². The molecule has 0 aliphatic carbocycles. The quantitative estimate of drug-likeness (QED) is 0.403. The average Bonchev–Trinajstić information content (AvgIpc) is 2.59. The van der Waals surface area contributed by atoms with Crippen molar-refractivity contribution in [3.8, 4) is 0 Å². The van der Waals surface area contributed by atoms with Crippen molar-refractivity contribution in [2.45, 2.75) is 13.8 Å². The summed E-state index contributed by atoms with van der Waals surface area (Å²) >= 11 is 11.9. The molecule has 1 saturated heterocycles. The van der Waals surface area contributed by atoms with Gasteiger partial charge in [0.15, 0.2) is 0 Å². The second-order valence-electron chi connectivity index (χ2n) is 5.96. The Balaban J connectivity index is 1.89. The molecular weight excluding hydrogens is 415 g/mol. The largest absolute Gasteiger partial charge is 0.348 e. The maximum Gasteiger partial charge on any atom is 0.348 e. The van der Waals surface area contributed by atoms with Gasteiger partial charge in [0.25, 0.3) is 0 Å². The molecule has 12 nitrogen and oxygen atoms in total. The fraction of sp³-hybridized carbons (Fsp3) is 0.429. The first-order chi connectivity index (χ1) is 13.2. The SMILES string of the molecule is Cc1nc(Cl)c([N+](=O)[O-])c(N2CCN(c3nc(C)nc(Cl)c3[N+](=O)[O-])CC2)n1. The summed E-state index contributed by atoms with van der Waals surface area (Å²) < 4.78 is 0. The first-order valence-electron chi connectivity index (χ1n) is 8.06. The van der Waals surface area contributed by atoms with Crippen LogP contribution in [0, 0.1) is 34.1 Å². The molecule has 0 amide bonds. The summed E-state index contributed by atoms with van der Waals surface area (Å²) in [7, 11) is 0. The van der Waals surface area contributed by atoms with E-state index >= 15 is 0 Å². The Hall–Kier alpha value is -2.86. The molecule has 0 bridgehead atoms. The summed E-state index contributed by atoms with van der Waals surface area (Å²) in [6.07, 6.45) is 0. The Kier molecular flexibility index (Phi) is 5.42. The predicted octanol–water partition coefficient (Wildman–Crippen LogP) is 2.33. The van der Waals surface area contributed by atoms with E-state index in [1.807, 2.05) is 0 Å². The molecule has 3 rings (SSSR count). The highest BCUT2D eigenvalue weighted by atomic mass is 35.5. The molecule has 3 heterocycles. The summed E-state index contributed by atoms with van der Waals surface area (Å²) in [6.45, 7) is 4.42. The van der Waals surface area contributed by atoms with E-state index in [2.05, 4.69) is 19.9 Å². The number of hydrogen-bond acceptors (Lipinski definition) is 10. The van der Waals surface area contributed by atoms with Gasteiger partial charge in [0, 0.05) is 26.2 Å². The van der Waals surface area contributed by atoms with Crippen LogP contribution in [-0.4, -0.2) is 56.0 Å². The van der Waals surface area contributed by atoms with Crippen molar-refractivity contribution in [3.63, 3.8) is 0 Å². The zero-order valence-corrected chi connectivity index (χ0v) is 16.3. The van der Waals surface area contributed by atoms with Crippen LogP contribution in [0.2, 0.25) is 10.3 Å². The van der Waals surface area contributed by atoms with E-state index in [-0.39, 0.29) is 33.3 Å². The van der Waals surface area contributed by atoms with Crippen LogP contribution in [0.5, 0.6) is 0 Å². The first-order valence-corrected chi connectivity index (χ1v) is 8.81. The van der Waals surface area contributed by atoms with Gasteiger partial charge in [-0.15, -0.1) is 0 Å². The van der Waals surface area contributed by atoms with Gasteiger partial charge in [0.1, 0.15) is 11.6 Å². The summed E-state index contributed by atoms with van der Waals surface area (Å²) in [5, 5.41) is 22.3. The van der Waals surface area contributed by atoms with Crippen LogP contribution in [0.3, 0.4) is 0 Å². The standard InChI is InChI=1S/C14H14Cl2N8O4/c1-7-17-11(15)9(23(25)26)13(19-7)21-3-5-22(6-4-21)14-10(24(27)28)12(16)18-8(2)20-14/h3-6H2,1-2H3. The average molecular weight is 429 g/mol. The van der Waals surface area contributed by atoms with Crippen LogP contribution >= 0.6 is 23.2 Å². The lowest BCUT2D eigenvalue weighted by Gasteiger charge is -2.35. The Morgan fingerprint density at radius 3 is 1.36 bits per heavy atom. The number of rotatable bonds is 4. The molecule has 0 unspecified atom stereocenters. The molecule has 14 heteroatoms. The molecule has 0 aromatic carbocycles. The van der Waals surface area contributed by atoms with Crippen molar-refractivity contribution in [2.75, 3.05) is 36.0 Å². The normalized spacial score (nSPS) is 14.3. The molecule has 2 aromatic heterocycles. The topological polar surface area (TPSA) is 144 Å². The second kappa shape index (κ2) is 7.64. The number of nitro groups is 2. The highest BCUT2D eigenvalue weighted by molar-refractivity contribution is 6.32. The van der Waals surface area contributed by atoms with Gasteiger partial charge < -0.3 is 9.80 Å². The van der Waals surface area contributed by atoms with E-state index in [1.165, 1.54) is 0 Å². The molecule has 0 spiro atoms. The van der Waals surface area contributed by atoms with Gasteiger partial charge in [0.2, 0.25) is 21.9 Å². The molecule has 0 atom stereocenters. The number of aryl methyl sites for hydroxylation is 2. The highest BCUT2D eigenvalue weighted by Gasteiger charge is 2.33. The molecular formula is C14H14Cl2N8O4. The predicted molar refractivity (Wildman–Crippen MR) is 101 cm³/mol. The molecule has 148 valence electrons. The molecule has 1 aliphatic heterocycles. The van der Waals surface area contributed by atoms with E-state index < -0.39 is 9.85 Å². The van der Waals surface area contributed by atoms with E-state index in [0.29, 0.717) is 37.8 Å². The van der Waals surface area contributed by atoms with E-state index in [1.54, 1.807) is 23.6 Å². The van der Waals surface area contributed by atoms with Gasteiger partial charge in [-0.25, -0.2) is 19.9 Å². The smallest absolute Gasteiger partial charge is 0.347 e. The van der Waals surface area contributed by atoms with E-state index in [9.17, 15) is 20.2 Å². The van der Waals surface area contributed by atoms with Gasteiger partial charge >= 0.3 is 11.4 Å². The number of anilines is 2. The molecule has 1 fully saturated rings. The van der Waals surface area contributed by atoms with E-state index in [0.717, 1.165) is 0 Å². The van der Waals surface area contributed by atoms with Crippen LogP contribution in [0.25, 0.3) is 0 Å². The van der Waals surface area contributed by atoms with Gasteiger partial charge in [-0.1, -0.05) is 23.2 Å². The minimum Gasteiger partial charge on any atom is -0.347 e. The van der Waals surface area contributed by atoms with E-state index in [4.69, 9.17) is 23.2 Å². The van der Waals surface area contributed by atoms with Crippen LogP contribution in [-0.2, 0) is 0 Å². The lowest BCUT2D eigenvalue weighted by molar-refractivity contribution is -0.384. The summed E-state index contributed by atoms with van der Waals surface area (Å²) in [4.78, 5) is 40.9. The third-order valence-corrected chi connectivity index (χ3v) is 4.64. The number of hydrogen-bond donors (Lipinski definition) is 0. The Morgan fingerprint density at radius 1 is 0.750 bits per heavy atom. The number of aromatic nitrogens is 4. The zero-order valence-electron chi connectivity index (χ0n) is 14.8. The van der Waals surface area contributed by atoms with Gasteiger partial charge in [0.05, 0.1) is 9.85 Å². The highest BCUT2D eigenvalue weighted by Crippen LogP contribution is 2.35.